The van der Waals surface area contributed by atoms with Gasteiger partial charge in [0.05, 0.1) is 6.54 Å². The number of anilines is 1. The molecular formula is C15H22N4O. The van der Waals surface area contributed by atoms with Crippen molar-refractivity contribution in [3.63, 3.8) is 0 Å². The van der Waals surface area contributed by atoms with Crippen LogP contribution in [0.15, 0.2) is 34.7 Å². The second-order valence-corrected chi connectivity index (χ2v) is 5.34. The van der Waals surface area contributed by atoms with Crippen LogP contribution in [0.3, 0.4) is 0 Å². The van der Waals surface area contributed by atoms with E-state index < -0.39 is 0 Å². The van der Waals surface area contributed by atoms with Gasteiger partial charge in [0.1, 0.15) is 0 Å². The summed E-state index contributed by atoms with van der Waals surface area (Å²) in [6, 6.07) is 10.8. The zero-order chi connectivity index (χ0) is 14.4. The molecule has 1 aromatic heterocycles. The molecule has 0 bridgehead atoms. The maximum Gasteiger partial charge on any atom is 0.318 e. The maximum atomic E-state index is 5.64. The van der Waals surface area contributed by atoms with Crippen molar-refractivity contribution >= 4 is 6.01 Å². The van der Waals surface area contributed by atoms with E-state index in [4.69, 9.17) is 4.42 Å². The lowest BCUT2D eigenvalue weighted by Gasteiger charge is -2.13. The summed E-state index contributed by atoms with van der Waals surface area (Å²) in [6.07, 6.45) is 0. The summed E-state index contributed by atoms with van der Waals surface area (Å²) in [5, 5.41) is 11.4. The van der Waals surface area contributed by atoms with Gasteiger partial charge in [-0.2, -0.15) is 0 Å². The predicted molar refractivity (Wildman–Crippen MR) is 79.4 cm³/mol. The first-order valence-electron chi connectivity index (χ1n) is 6.93. The molecule has 0 saturated heterocycles. The summed E-state index contributed by atoms with van der Waals surface area (Å²) in [4.78, 5) is 1.95. The predicted octanol–water partition coefficient (Wildman–Crippen LogP) is 2.45. The number of benzene rings is 1. The quantitative estimate of drug-likeness (QED) is 0.840. The Bertz CT molecular complexity index is 510. The van der Waals surface area contributed by atoms with Gasteiger partial charge in [-0.3, -0.25) is 0 Å². The summed E-state index contributed by atoms with van der Waals surface area (Å²) in [7, 11) is 1.95. The normalized spacial score (nSPS) is 11.0. The van der Waals surface area contributed by atoms with Gasteiger partial charge in [-0.1, -0.05) is 49.3 Å². The van der Waals surface area contributed by atoms with Crippen molar-refractivity contribution < 1.29 is 4.42 Å². The summed E-state index contributed by atoms with van der Waals surface area (Å²) in [6.45, 7) is 6.64. The average molecular weight is 274 g/mol. The van der Waals surface area contributed by atoms with E-state index in [-0.39, 0.29) is 0 Å². The summed E-state index contributed by atoms with van der Waals surface area (Å²) in [5.74, 6) is 1.23. The van der Waals surface area contributed by atoms with Gasteiger partial charge in [0.2, 0.25) is 5.89 Å². The molecule has 1 heterocycles. The van der Waals surface area contributed by atoms with E-state index >= 15 is 0 Å². The van der Waals surface area contributed by atoms with E-state index in [0.717, 1.165) is 13.1 Å². The Kier molecular flexibility index (Phi) is 5.12. The Morgan fingerprint density at radius 3 is 2.65 bits per heavy atom. The molecule has 0 amide bonds. The van der Waals surface area contributed by atoms with E-state index in [1.54, 1.807) is 0 Å². The van der Waals surface area contributed by atoms with E-state index in [1.165, 1.54) is 5.56 Å². The number of nitrogens with zero attached hydrogens (tertiary/aromatic N) is 3. The number of rotatable bonds is 7. The van der Waals surface area contributed by atoms with Gasteiger partial charge in [-0.05, 0) is 18.0 Å². The van der Waals surface area contributed by atoms with Crippen molar-refractivity contribution in [1.29, 1.82) is 0 Å². The molecular weight excluding hydrogens is 252 g/mol. The minimum atomic E-state index is 0.551. The van der Waals surface area contributed by atoms with E-state index in [1.807, 2.05) is 30.1 Å². The molecule has 0 spiro atoms. The molecule has 0 saturated carbocycles. The zero-order valence-corrected chi connectivity index (χ0v) is 12.3. The molecule has 0 aliphatic heterocycles. The van der Waals surface area contributed by atoms with Crippen LogP contribution in [0.5, 0.6) is 0 Å². The van der Waals surface area contributed by atoms with Gasteiger partial charge in [0.15, 0.2) is 0 Å². The van der Waals surface area contributed by atoms with E-state index in [2.05, 4.69) is 41.5 Å². The zero-order valence-electron chi connectivity index (χ0n) is 12.3. The van der Waals surface area contributed by atoms with Gasteiger partial charge in [-0.25, -0.2) is 0 Å². The molecule has 5 heteroatoms. The number of hydrogen-bond donors (Lipinski definition) is 1. The fourth-order valence-corrected chi connectivity index (χ4v) is 1.86. The molecule has 20 heavy (non-hydrogen) atoms. The highest BCUT2D eigenvalue weighted by atomic mass is 16.4. The van der Waals surface area contributed by atoms with Crippen LogP contribution in [-0.2, 0) is 13.1 Å². The number of aromatic nitrogens is 2. The second kappa shape index (κ2) is 7.05. The Labute approximate surface area is 120 Å². The van der Waals surface area contributed by atoms with Crippen molar-refractivity contribution in [2.24, 2.45) is 5.92 Å². The highest BCUT2D eigenvalue weighted by molar-refractivity contribution is 5.26. The summed E-state index contributed by atoms with van der Waals surface area (Å²) < 4.78 is 5.64. The first kappa shape index (κ1) is 14.5. The fourth-order valence-electron chi connectivity index (χ4n) is 1.86. The standard InChI is InChI=1S/C15H22N4O/c1-12(2)9-16-10-14-17-18-15(20-14)19(3)11-13-7-5-4-6-8-13/h4-8,12,16H,9-11H2,1-3H3. The molecule has 108 valence electrons. The van der Waals surface area contributed by atoms with Crippen LogP contribution in [0, 0.1) is 5.92 Å². The van der Waals surface area contributed by atoms with Crippen molar-refractivity contribution in [2.45, 2.75) is 26.9 Å². The molecule has 2 rings (SSSR count). The Hall–Kier alpha value is -1.88. The molecule has 0 aliphatic rings. The lowest BCUT2D eigenvalue weighted by atomic mass is 10.2. The van der Waals surface area contributed by atoms with Crippen molar-refractivity contribution in [3.8, 4) is 0 Å². The third-order valence-electron chi connectivity index (χ3n) is 2.87. The van der Waals surface area contributed by atoms with Crippen LogP contribution >= 0.6 is 0 Å². The Morgan fingerprint density at radius 1 is 1.20 bits per heavy atom. The highest BCUT2D eigenvalue weighted by Gasteiger charge is 2.10. The van der Waals surface area contributed by atoms with Crippen LogP contribution in [0.25, 0.3) is 0 Å². The van der Waals surface area contributed by atoms with Crippen LogP contribution in [0.2, 0.25) is 0 Å². The minimum absolute atomic E-state index is 0.551. The lowest BCUT2D eigenvalue weighted by Crippen LogP contribution is -2.19. The van der Waals surface area contributed by atoms with E-state index in [9.17, 15) is 0 Å². The molecule has 0 atom stereocenters. The van der Waals surface area contributed by atoms with Crippen LogP contribution < -0.4 is 10.2 Å². The van der Waals surface area contributed by atoms with Gasteiger partial charge < -0.3 is 14.6 Å². The first-order valence-corrected chi connectivity index (χ1v) is 6.93. The number of hydrogen-bond acceptors (Lipinski definition) is 5. The van der Waals surface area contributed by atoms with Crippen LogP contribution in [-0.4, -0.2) is 23.8 Å². The van der Waals surface area contributed by atoms with Crippen molar-refractivity contribution in [1.82, 2.24) is 15.5 Å². The molecule has 0 unspecified atom stereocenters. The van der Waals surface area contributed by atoms with Gasteiger partial charge in [-0.15, -0.1) is 5.10 Å². The molecule has 5 nitrogen and oxygen atoms in total. The SMILES string of the molecule is CC(C)CNCc1nnc(N(C)Cc2ccccc2)o1. The lowest BCUT2D eigenvalue weighted by molar-refractivity contribution is 0.450. The van der Waals surface area contributed by atoms with Crippen LogP contribution in [0.1, 0.15) is 25.3 Å². The molecule has 1 aromatic carbocycles. The second-order valence-electron chi connectivity index (χ2n) is 5.34. The highest BCUT2D eigenvalue weighted by Crippen LogP contribution is 2.13. The van der Waals surface area contributed by atoms with Crippen molar-refractivity contribution in [3.05, 3.63) is 41.8 Å². The summed E-state index contributed by atoms with van der Waals surface area (Å²) in [5.41, 5.74) is 1.22. The Morgan fingerprint density at radius 2 is 1.95 bits per heavy atom. The smallest absolute Gasteiger partial charge is 0.318 e. The van der Waals surface area contributed by atoms with E-state index in [0.29, 0.717) is 24.4 Å². The molecule has 0 fully saturated rings. The largest absolute Gasteiger partial charge is 0.407 e. The molecule has 2 aromatic rings. The van der Waals surface area contributed by atoms with Gasteiger partial charge >= 0.3 is 6.01 Å². The molecule has 1 N–H and O–H groups in total. The Balaban J connectivity index is 1.88. The van der Waals surface area contributed by atoms with Gasteiger partial charge in [0, 0.05) is 13.6 Å². The fraction of sp³-hybridized carbons (Fsp3) is 0.467. The summed E-state index contributed by atoms with van der Waals surface area (Å²) >= 11 is 0. The molecule has 0 radical (unpaired) electrons. The topological polar surface area (TPSA) is 54.2 Å². The first-order chi connectivity index (χ1) is 9.65. The third kappa shape index (κ3) is 4.35. The molecule has 0 aliphatic carbocycles. The minimum Gasteiger partial charge on any atom is -0.407 e. The number of nitrogens with one attached hydrogen (secondary N) is 1. The van der Waals surface area contributed by atoms with Crippen LogP contribution in [0.4, 0.5) is 6.01 Å². The third-order valence-corrected chi connectivity index (χ3v) is 2.87. The van der Waals surface area contributed by atoms with Gasteiger partial charge in [0.25, 0.3) is 0 Å². The van der Waals surface area contributed by atoms with Crippen molar-refractivity contribution in [2.75, 3.05) is 18.5 Å². The maximum absolute atomic E-state index is 5.64. The monoisotopic (exact) mass is 274 g/mol. The average Bonchev–Trinajstić information content (AvgIpc) is 2.88.